The van der Waals surface area contributed by atoms with Crippen molar-refractivity contribution in [3.63, 3.8) is 0 Å². The minimum absolute atomic E-state index is 0.134. The molecule has 6 nitrogen and oxygen atoms in total. The Hall–Kier alpha value is -3.07. The van der Waals surface area contributed by atoms with Crippen LogP contribution in [0.5, 0.6) is 11.5 Å². The van der Waals surface area contributed by atoms with E-state index in [1.807, 2.05) is 6.92 Å². The number of ether oxygens (including phenoxy) is 2. The molecule has 3 N–H and O–H groups in total. The molecule has 2 aromatic carbocycles. The Kier molecular flexibility index (Phi) is 5.55. The third-order valence-electron chi connectivity index (χ3n) is 4.09. The number of H-pyrrole nitrogens is 1. The van der Waals surface area contributed by atoms with Crippen molar-refractivity contribution in [1.82, 2.24) is 15.2 Å². The van der Waals surface area contributed by atoms with Crippen LogP contribution in [0.25, 0.3) is 11.4 Å². The zero-order valence-electron chi connectivity index (χ0n) is 15.2. The van der Waals surface area contributed by atoms with E-state index in [0.717, 1.165) is 12.1 Å². The summed E-state index contributed by atoms with van der Waals surface area (Å²) in [6.45, 7) is 2.31. The van der Waals surface area contributed by atoms with Gasteiger partial charge >= 0.3 is 6.18 Å². The summed E-state index contributed by atoms with van der Waals surface area (Å²) < 4.78 is 49.5. The van der Waals surface area contributed by atoms with Crippen molar-refractivity contribution in [1.29, 1.82) is 0 Å². The number of alkyl halides is 3. The second-order valence-corrected chi connectivity index (χ2v) is 5.94. The summed E-state index contributed by atoms with van der Waals surface area (Å²) >= 11 is 0. The SMILES string of the molecule is CCOc1cc([C@H](N)c2nc(-c3cccc(C(F)(F)F)c3)n[nH]2)ccc1OC. The quantitative estimate of drug-likeness (QED) is 0.664. The number of hydrogen-bond acceptors (Lipinski definition) is 5. The number of nitrogens with one attached hydrogen (secondary N) is 1. The zero-order chi connectivity index (χ0) is 20.3. The van der Waals surface area contributed by atoms with Crippen molar-refractivity contribution < 1.29 is 22.6 Å². The van der Waals surface area contributed by atoms with Crippen LogP contribution >= 0.6 is 0 Å². The minimum atomic E-state index is -4.44. The Morgan fingerprint density at radius 2 is 1.93 bits per heavy atom. The van der Waals surface area contributed by atoms with Crippen molar-refractivity contribution >= 4 is 0 Å². The van der Waals surface area contributed by atoms with Crippen LogP contribution in [0.15, 0.2) is 42.5 Å². The maximum Gasteiger partial charge on any atom is 0.416 e. The van der Waals surface area contributed by atoms with E-state index < -0.39 is 17.8 Å². The van der Waals surface area contributed by atoms with Crippen LogP contribution in [0, 0.1) is 0 Å². The molecule has 1 aromatic heterocycles. The highest BCUT2D eigenvalue weighted by atomic mass is 19.4. The van der Waals surface area contributed by atoms with Gasteiger partial charge in [0.15, 0.2) is 17.3 Å². The molecule has 0 saturated heterocycles. The first-order valence-electron chi connectivity index (χ1n) is 8.49. The summed E-state index contributed by atoms with van der Waals surface area (Å²) in [6.07, 6.45) is -4.44. The Balaban J connectivity index is 1.89. The number of hydrogen-bond donors (Lipinski definition) is 2. The van der Waals surface area contributed by atoms with Gasteiger partial charge < -0.3 is 15.2 Å². The highest BCUT2D eigenvalue weighted by molar-refractivity contribution is 5.56. The summed E-state index contributed by atoms with van der Waals surface area (Å²) in [5.74, 6) is 1.56. The highest BCUT2D eigenvalue weighted by Gasteiger charge is 2.30. The summed E-state index contributed by atoms with van der Waals surface area (Å²) in [7, 11) is 1.54. The molecule has 0 saturated carbocycles. The number of benzene rings is 2. The average Bonchev–Trinajstić information content (AvgIpc) is 3.17. The first-order valence-corrected chi connectivity index (χ1v) is 8.49. The first kappa shape index (κ1) is 19.7. The summed E-state index contributed by atoms with van der Waals surface area (Å²) in [5, 5.41) is 6.71. The fourth-order valence-electron chi connectivity index (χ4n) is 2.69. The van der Waals surface area contributed by atoms with Crippen LogP contribution in [-0.4, -0.2) is 28.9 Å². The molecule has 0 aliphatic carbocycles. The largest absolute Gasteiger partial charge is 0.493 e. The lowest BCUT2D eigenvalue weighted by atomic mass is 10.1. The number of nitrogens with two attached hydrogens (primary N) is 1. The lowest BCUT2D eigenvalue weighted by molar-refractivity contribution is -0.137. The van der Waals surface area contributed by atoms with E-state index in [2.05, 4.69) is 15.2 Å². The summed E-state index contributed by atoms with van der Waals surface area (Å²) in [4.78, 5) is 4.27. The van der Waals surface area contributed by atoms with Gasteiger partial charge in [0, 0.05) is 5.56 Å². The van der Waals surface area contributed by atoms with Crippen molar-refractivity contribution in [2.75, 3.05) is 13.7 Å². The van der Waals surface area contributed by atoms with Crippen molar-refractivity contribution in [2.24, 2.45) is 5.73 Å². The van der Waals surface area contributed by atoms with Crippen LogP contribution in [0.3, 0.4) is 0 Å². The second-order valence-electron chi connectivity index (χ2n) is 5.94. The third kappa shape index (κ3) is 4.09. The molecule has 0 spiro atoms. The predicted molar refractivity (Wildman–Crippen MR) is 97.0 cm³/mol. The van der Waals surface area contributed by atoms with E-state index in [0.29, 0.717) is 29.5 Å². The lowest BCUT2D eigenvalue weighted by Crippen LogP contribution is -2.14. The fraction of sp³-hybridized carbons (Fsp3) is 0.263. The van der Waals surface area contributed by atoms with Gasteiger partial charge in [0.2, 0.25) is 0 Å². The van der Waals surface area contributed by atoms with Crippen molar-refractivity contribution in [3.05, 3.63) is 59.4 Å². The highest BCUT2D eigenvalue weighted by Crippen LogP contribution is 2.33. The Labute approximate surface area is 159 Å². The van der Waals surface area contributed by atoms with Gasteiger partial charge in [-0.2, -0.15) is 18.3 Å². The molecule has 1 atom stereocenters. The molecule has 9 heteroatoms. The average molecular weight is 392 g/mol. The first-order chi connectivity index (χ1) is 13.3. The van der Waals surface area contributed by atoms with Gasteiger partial charge in [0.05, 0.1) is 25.3 Å². The third-order valence-corrected chi connectivity index (χ3v) is 4.09. The topological polar surface area (TPSA) is 86.0 Å². The van der Waals surface area contributed by atoms with Crippen LogP contribution in [0.2, 0.25) is 0 Å². The van der Waals surface area contributed by atoms with Gasteiger partial charge in [-0.15, -0.1) is 0 Å². The Morgan fingerprint density at radius 1 is 1.14 bits per heavy atom. The van der Waals surface area contributed by atoms with Gasteiger partial charge in [0.25, 0.3) is 0 Å². The number of methoxy groups -OCH3 is 1. The predicted octanol–water partition coefficient (Wildman–Crippen LogP) is 3.95. The van der Waals surface area contributed by atoms with Crippen LogP contribution < -0.4 is 15.2 Å². The van der Waals surface area contributed by atoms with Crippen LogP contribution in [-0.2, 0) is 6.18 Å². The molecule has 0 radical (unpaired) electrons. The number of halogens is 3. The van der Waals surface area contributed by atoms with E-state index in [9.17, 15) is 13.2 Å². The molecule has 0 fully saturated rings. The van der Waals surface area contributed by atoms with Gasteiger partial charge in [0.1, 0.15) is 5.82 Å². The molecule has 148 valence electrons. The van der Waals surface area contributed by atoms with Crippen molar-refractivity contribution in [2.45, 2.75) is 19.1 Å². The maximum atomic E-state index is 12.9. The maximum absolute atomic E-state index is 12.9. The Bertz CT molecular complexity index is 956. The molecule has 1 heterocycles. The van der Waals surface area contributed by atoms with E-state index in [4.69, 9.17) is 15.2 Å². The molecule has 3 rings (SSSR count). The van der Waals surface area contributed by atoms with Gasteiger partial charge in [-0.1, -0.05) is 18.2 Å². The molecule has 28 heavy (non-hydrogen) atoms. The van der Waals surface area contributed by atoms with Crippen molar-refractivity contribution in [3.8, 4) is 22.9 Å². The zero-order valence-corrected chi connectivity index (χ0v) is 15.2. The molecule has 3 aromatic rings. The molecular formula is C19H19F3N4O2. The lowest BCUT2D eigenvalue weighted by Gasteiger charge is -2.14. The minimum Gasteiger partial charge on any atom is -0.493 e. The number of rotatable bonds is 6. The molecule has 0 aliphatic heterocycles. The molecular weight excluding hydrogens is 373 g/mol. The molecule has 0 amide bonds. The summed E-state index contributed by atoms with van der Waals surface area (Å²) in [5.41, 5.74) is 6.42. The van der Waals surface area contributed by atoms with E-state index in [1.165, 1.54) is 19.2 Å². The van der Waals surface area contributed by atoms with Crippen LogP contribution in [0.1, 0.15) is 29.9 Å². The smallest absolute Gasteiger partial charge is 0.416 e. The molecule has 0 bridgehead atoms. The van der Waals surface area contributed by atoms with E-state index in [-0.39, 0.29) is 11.4 Å². The standard InChI is InChI=1S/C19H19F3N4O2/c1-3-28-15-10-11(7-8-14(15)27-2)16(23)18-24-17(25-26-18)12-5-4-6-13(9-12)19(20,21)22/h4-10,16H,3,23H2,1-2H3,(H,24,25,26)/t16-/m0/s1. The monoisotopic (exact) mass is 392 g/mol. The van der Waals surface area contributed by atoms with Gasteiger partial charge in [-0.05, 0) is 36.8 Å². The molecule has 0 unspecified atom stereocenters. The number of nitrogens with zero attached hydrogens (tertiary/aromatic N) is 2. The molecule has 0 aliphatic rings. The van der Waals surface area contributed by atoms with Crippen LogP contribution in [0.4, 0.5) is 13.2 Å². The Morgan fingerprint density at radius 3 is 2.61 bits per heavy atom. The normalized spacial score (nSPS) is 12.6. The number of aromatic nitrogens is 3. The number of aromatic amines is 1. The van der Waals surface area contributed by atoms with Gasteiger partial charge in [-0.25, -0.2) is 4.98 Å². The fourth-order valence-corrected chi connectivity index (χ4v) is 2.69. The summed E-state index contributed by atoms with van der Waals surface area (Å²) in [6, 6.07) is 9.37. The van der Waals surface area contributed by atoms with E-state index in [1.54, 1.807) is 18.2 Å². The second kappa shape index (κ2) is 7.89. The van der Waals surface area contributed by atoms with E-state index >= 15 is 0 Å². The van der Waals surface area contributed by atoms with Gasteiger partial charge in [-0.3, -0.25) is 5.10 Å².